The molecule has 2 heterocycles. The Morgan fingerprint density at radius 3 is 3.12 bits per heavy atom. The molecule has 1 unspecified atom stereocenters. The minimum Gasteiger partial charge on any atom is -0.468 e. The molecule has 0 radical (unpaired) electrons. The highest BCUT2D eigenvalue weighted by atomic mass is 16.3. The van der Waals surface area contributed by atoms with Gasteiger partial charge in [0.15, 0.2) is 0 Å². The van der Waals surface area contributed by atoms with Crippen molar-refractivity contribution in [3.05, 3.63) is 42.9 Å². The summed E-state index contributed by atoms with van der Waals surface area (Å²) in [6.07, 6.45) is 8.34. The lowest BCUT2D eigenvalue weighted by molar-refractivity contribution is 0.398. The van der Waals surface area contributed by atoms with Crippen LogP contribution in [0.1, 0.15) is 25.1 Å². The van der Waals surface area contributed by atoms with Crippen LogP contribution in [0.15, 0.2) is 41.5 Å². The third kappa shape index (κ3) is 2.73. The Bertz CT molecular complexity index is 380. The molecule has 2 rings (SSSR count). The number of nitrogens with zero attached hydrogens (tertiary/aromatic N) is 2. The van der Waals surface area contributed by atoms with Crippen molar-refractivity contribution in [2.75, 3.05) is 6.54 Å². The Labute approximate surface area is 95.3 Å². The molecule has 0 saturated heterocycles. The van der Waals surface area contributed by atoms with Gasteiger partial charge in [-0.1, -0.05) is 6.92 Å². The fourth-order valence-corrected chi connectivity index (χ4v) is 1.72. The average molecular weight is 219 g/mol. The maximum absolute atomic E-state index is 5.39. The molecule has 1 atom stereocenters. The molecular weight excluding hydrogens is 202 g/mol. The smallest absolute Gasteiger partial charge is 0.120 e. The second-order valence-corrected chi connectivity index (χ2v) is 3.73. The van der Waals surface area contributed by atoms with E-state index in [-0.39, 0.29) is 0 Å². The first-order chi connectivity index (χ1) is 7.90. The van der Waals surface area contributed by atoms with Gasteiger partial charge in [-0.05, 0) is 18.6 Å². The standard InChI is InChI=1S/C12H17N3O/c1-2-11(12-4-3-9-16-12)14-6-8-15-7-5-13-10-15/h3-5,7,9-11,14H,2,6,8H2,1H3. The lowest BCUT2D eigenvalue weighted by Crippen LogP contribution is -2.24. The molecule has 0 aliphatic heterocycles. The van der Waals surface area contributed by atoms with Crippen molar-refractivity contribution < 1.29 is 4.42 Å². The lowest BCUT2D eigenvalue weighted by atomic mass is 10.2. The van der Waals surface area contributed by atoms with Gasteiger partial charge in [-0.15, -0.1) is 0 Å². The predicted molar refractivity (Wildman–Crippen MR) is 62.0 cm³/mol. The Kier molecular flexibility index (Phi) is 3.77. The van der Waals surface area contributed by atoms with E-state index >= 15 is 0 Å². The summed E-state index contributed by atoms with van der Waals surface area (Å²) >= 11 is 0. The minimum atomic E-state index is 0.304. The van der Waals surface area contributed by atoms with E-state index in [0.717, 1.165) is 25.3 Å². The fraction of sp³-hybridized carbons (Fsp3) is 0.417. The number of hydrogen-bond acceptors (Lipinski definition) is 3. The second-order valence-electron chi connectivity index (χ2n) is 3.73. The maximum Gasteiger partial charge on any atom is 0.120 e. The van der Waals surface area contributed by atoms with Crippen molar-refractivity contribution >= 4 is 0 Å². The third-order valence-electron chi connectivity index (χ3n) is 2.61. The number of rotatable bonds is 6. The van der Waals surface area contributed by atoms with Gasteiger partial charge in [-0.3, -0.25) is 0 Å². The lowest BCUT2D eigenvalue weighted by Gasteiger charge is -2.14. The quantitative estimate of drug-likeness (QED) is 0.810. The molecule has 1 N–H and O–H groups in total. The van der Waals surface area contributed by atoms with Crippen molar-refractivity contribution in [2.45, 2.75) is 25.9 Å². The SMILES string of the molecule is CCC(NCCn1ccnc1)c1ccco1. The minimum absolute atomic E-state index is 0.304. The van der Waals surface area contributed by atoms with Gasteiger partial charge in [-0.25, -0.2) is 4.98 Å². The zero-order chi connectivity index (χ0) is 11.2. The van der Waals surface area contributed by atoms with Gasteiger partial charge in [0, 0.05) is 25.5 Å². The van der Waals surface area contributed by atoms with E-state index in [1.54, 1.807) is 12.5 Å². The van der Waals surface area contributed by atoms with Crippen LogP contribution in [0.3, 0.4) is 0 Å². The normalized spacial score (nSPS) is 12.8. The first-order valence-electron chi connectivity index (χ1n) is 5.62. The largest absolute Gasteiger partial charge is 0.468 e. The monoisotopic (exact) mass is 219 g/mol. The summed E-state index contributed by atoms with van der Waals surface area (Å²) in [5, 5.41) is 3.47. The van der Waals surface area contributed by atoms with Crippen molar-refractivity contribution in [1.29, 1.82) is 0 Å². The summed E-state index contributed by atoms with van der Waals surface area (Å²) < 4.78 is 7.45. The van der Waals surface area contributed by atoms with Gasteiger partial charge >= 0.3 is 0 Å². The van der Waals surface area contributed by atoms with Crippen LogP contribution in [-0.2, 0) is 6.54 Å². The number of nitrogens with one attached hydrogen (secondary N) is 1. The van der Waals surface area contributed by atoms with Gasteiger partial charge in [-0.2, -0.15) is 0 Å². The molecule has 0 saturated carbocycles. The topological polar surface area (TPSA) is 43.0 Å². The Morgan fingerprint density at radius 1 is 1.56 bits per heavy atom. The van der Waals surface area contributed by atoms with Gasteiger partial charge in [0.25, 0.3) is 0 Å². The van der Waals surface area contributed by atoms with Crippen molar-refractivity contribution in [2.24, 2.45) is 0 Å². The molecule has 86 valence electrons. The number of furan rings is 1. The summed E-state index contributed by atoms with van der Waals surface area (Å²) in [5.74, 6) is 1.01. The first kappa shape index (κ1) is 11.0. The van der Waals surface area contributed by atoms with Crippen molar-refractivity contribution in [3.8, 4) is 0 Å². The Morgan fingerprint density at radius 2 is 2.50 bits per heavy atom. The average Bonchev–Trinajstić information content (AvgIpc) is 2.96. The summed E-state index contributed by atoms with van der Waals surface area (Å²) in [5.41, 5.74) is 0. The van der Waals surface area contributed by atoms with Crippen LogP contribution in [0, 0.1) is 0 Å². The Balaban J connectivity index is 1.80. The molecule has 0 bridgehead atoms. The van der Waals surface area contributed by atoms with E-state index < -0.39 is 0 Å². The molecule has 0 spiro atoms. The van der Waals surface area contributed by atoms with Crippen LogP contribution in [-0.4, -0.2) is 16.1 Å². The number of imidazole rings is 1. The molecule has 2 aromatic rings. The number of hydrogen-bond donors (Lipinski definition) is 1. The maximum atomic E-state index is 5.39. The molecule has 4 nitrogen and oxygen atoms in total. The van der Waals surface area contributed by atoms with Crippen LogP contribution >= 0.6 is 0 Å². The fourth-order valence-electron chi connectivity index (χ4n) is 1.72. The van der Waals surface area contributed by atoms with Gasteiger partial charge < -0.3 is 14.3 Å². The van der Waals surface area contributed by atoms with Crippen LogP contribution in [0.2, 0.25) is 0 Å². The number of aromatic nitrogens is 2. The molecule has 0 aliphatic rings. The van der Waals surface area contributed by atoms with E-state index in [1.165, 1.54) is 0 Å². The van der Waals surface area contributed by atoms with Crippen LogP contribution in [0.25, 0.3) is 0 Å². The van der Waals surface area contributed by atoms with Crippen LogP contribution < -0.4 is 5.32 Å². The summed E-state index contributed by atoms with van der Waals surface area (Å²) in [4.78, 5) is 4.01. The van der Waals surface area contributed by atoms with Crippen LogP contribution in [0.4, 0.5) is 0 Å². The third-order valence-corrected chi connectivity index (χ3v) is 2.61. The summed E-state index contributed by atoms with van der Waals surface area (Å²) in [6, 6.07) is 4.24. The van der Waals surface area contributed by atoms with Crippen LogP contribution in [0.5, 0.6) is 0 Å². The van der Waals surface area contributed by atoms with Crippen molar-refractivity contribution in [3.63, 3.8) is 0 Å². The highest BCUT2D eigenvalue weighted by Gasteiger charge is 2.10. The molecule has 0 amide bonds. The summed E-state index contributed by atoms with van der Waals surface area (Å²) in [7, 11) is 0. The van der Waals surface area contributed by atoms with E-state index in [4.69, 9.17) is 4.42 Å². The second kappa shape index (κ2) is 5.51. The molecule has 2 aromatic heterocycles. The molecule has 0 aliphatic carbocycles. The highest BCUT2D eigenvalue weighted by Crippen LogP contribution is 2.16. The van der Waals surface area contributed by atoms with E-state index in [2.05, 4.69) is 21.8 Å². The van der Waals surface area contributed by atoms with E-state index in [9.17, 15) is 0 Å². The zero-order valence-corrected chi connectivity index (χ0v) is 9.47. The van der Waals surface area contributed by atoms with Gasteiger partial charge in [0.1, 0.15) is 5.76 Å². The summed E-state index contributed by atoms with van der Waals surface area (Å²) in [6.45, 7) is 3.99. The first-order valence-corrected chi connectivity index (χ1v) is 5.62. The molecule has 0 aromatic carbocycles. The van der Waals surface area contributed by atoms with Gasteiger partial charge in [0.05, 0.1) is 18.6 Å². The molecule has 0 fully saturated rings. The molecule has 16 heavy (non-hydrogen) atoms. The Hall–Kier alpha value is -1.55. The van der Waals surface area contributed by atoms with E-state index in [1.807, 2.05) is 24.7 Å². The zero-order valence-electron chi connectivity index (χ0n) is 9.47. The predicted octanol–water partition coefficient (Wildman–Crippen LogP) is 2.22. The highest BCUT2D eigenvalue weighted by molar-refractivity contribution is 5.03. The van der Waals surface area contributed by atoms with Crippen molar-refractivity contribution in [1.82, 2.24) is 14.9 Å². The van der Waals surface area contributed by atoms with E-state index in [0.29, 0.717) is 6.04 Å². The molecule has 4 heteroatoms. The van der Waals surface area contributed by atoms with Gasteiger partial charge in [0.2, 0.25) is 0 Å². The molecular formula is C12H17N3O.